The molecule has 2 aromatic carbocycles. The molecule has 1 fully saturated rings. The lowest BCUT2D eigenvalue weighted by atomic mass is 10.0. The number of nitrogens with one attached hydrogen (secondary N) is 4. The van der Waals surface area contributed by atoms with E-state index in [2.05, 4.69) is 31.2 Å². The maximum atomic E-state index is 15.1. The van der Waals surface area contributed by atoms with Gasteiger partial charge in [-0.15, -0.1) is 11.3 Å². The zero-order valence-electron chi connectivity index (χ0n) is 31.8. The van der Waals surface area contributed by atoms with E-state index in [0.29, 0.717) is 27.3 Å². The molecule has 0 unspecified atom stereocenters. The maximum Gasteiger partial charge on any atom is 0.407 e. The molecule has 1 saturated carbocycles. The molecule has 0 saturated heterocycles. The van der Waals surface area contributed by atoms with E-state index in [1.165, 1.54) is 23.5 Å². The summed E-state index contributed by atoms with van der Waals surface area (Å²) in [5.41, 5.74) is 3.18. The van der Waals surface area contributed by atoms with Gasteiger partial charge in [0.25, 0.3) is 0 Å². The van der Waals surface area contributed by atoms with Gasteiger partial charge in [-0.1, -0.05) is 50.2 Å². The Bertz CT molecular complexity index is 2180. The van der Waals surface area contributed by atoms with E-state index >= 15 is 4.39 Å². The summed E-state index contributed by atoms with van der Waals surface area (Å²) in [5, 5.41) is 10.6. The Morgan fingerprint density at radius 1 is 0.965 bits per heavy atom. The topological polar surface area (TPSA) is 173 Å². The number of urea groups is 1. The molecule has 298 valence electrons. The van der Waals surface area contributed by atoms with Crippen LogP contribution in [0.15, 0.2) is 85.2 Å². The van der Waals surface area contributed by atoms with Crippen LogP contribution in [0.2, 0.25) is 0 Å². The SMILES string of the molecule is COCCN(Cc1ccc(-c2cc3nccc(Oc4ccc(NC(=O)NC5CC5)cc4F)c3s2)nc1)C(=O)[C@@H](NC(=O)CNC(=O)OCc1ccccc1)C(C)C. The number of rotatable bonds is 17. The third-order valence-electron chi connectivity index (χ3n) is 8.88. The van der Waals surface area contributed by atoms with Gasteiger partial charge in [-0.05, 0) is 54.2 Å². The fraction of sp³-hybridized carbons (Fsp3) is 0.317. The Hall–Kier alpha value is -6.13. The largest absolute Gasteiger partial charge is 0.453 e. The molecule has 0 spiro atoms. The van der Waals surface area contributed by atoms with Crippen LogP contribution in [0.25, 0.3) is 20.8 Å². The molecule has 4 N–H and O–H groups in total. The number of carbonyl (C=O) groups excluding carboxylic acids is 4. The van der Waals surface area contributed by atoms with Crippen molar-refractivity contribution >= 4 is 51.2 Å². The van der Waals surface area contributed by atoms with E-state index in [-0.39, 0.29) is 62.5 Å². The van der Waals surface area contributed by atoms with Crippen molar-refractivity contribution in [3.8, 4) is 22.1 Å². The fourth-order valence-corrected chi connectivity index (χ4v) is 6.74. The number of amides is 5. The lowest BCUT2D eigenvalue weighted by Crippen LogP contribution is -2.53. The first-order chi connectivity index (χ1) is 27.6. The van der Waals surface area contributed by atoms with Crippen molar-refractivity contribution < 1.29 is 37.8 Å². The van der Waals surface area contributed by atoms with Gasteiger partial charge in [0.2, 0.25) is 11.8 Å². The average molecular weight is 798 g/mol. The van der Waals surface area contributed by atoms with Crippen LogP contribution in [-0.2, 0) is 32.2 Å². The molecule has 6 rings (SSSR count). The predicted molar refractivity (Wildman–Crippen MR) is 213 cm³/mol. The van der Waals surface area contributed by atoms with E-state index in [4.69, 9.17) is 14.2 Å². The molecule has 3 aromatic heterocycles. The fourth-order valence-electron chi connectivity index (χ4n) is 5.70. The van der Waals surface area contributed by atoms with Crippen LogP contribution >= 0.6 is 11.3 Å². The van der Waals surface area contributed by atoms with E-state index in [1.54, 1.807) is 36.5 Å². The third kappa shape index (κ3) is 11.5. The normalized spacial score (nSPS) is 12.8. The molecule has 1 aliphatic rings. The van der Waals surface area contributed by atoms with Gasteiger partial charge < -0.3 is 40.4 Å². The number of fused-ring (bicyclic) bond motifs is 1. The highest BCUT2D eigenvalue weighted by Crippen LogP contribution is 2.39. The minimum Gasteiger partial charge on any atom is -0.453 e. The van der Waals surface area contributed by atoms with Crippen molar-refractivity contribution in [1.82, 2.24) is 30.8 Å². The lowest BCUT2D eigenvalue weighted by Gasteiger charge is -2.30. The first-order valence-electron chi connectivity index (χ1n) is 18.5. The summed E-state index contributed by atoms with van der Waals surface area (Å²) in [6.45, 7) is 4.09. The van der Waals surface area contributed by atoms with Crippen molar-refractivity contribution in [2.75, 3.05) is 32.1 Å². The Kier molecular flexibility index (Phi) is 13.6. The zero-order chi connectivity index (χ0) is 40.3. The summed E-state index contributed by atoms with van der Waals surface area (Å²) in [4.78, 5) is 62.5. The second kappa shape index (κ2) is 19.1. The van der Waals surface area contributed by atoms with E-state index < -0.39 is 23.9 Å². The maximum absolute atomic E-state index is 15.1. The molecule has 1 aliphatic carbocycles. The average Bonchev–Trinajstić information content (AvgIpc) is 3.91. The van der Waals surface area contributed by atoms with Crippen molar-refractivity contribution in [2.45, 2.75) is 51.9 Å². The van der Waals surface area contributed by atoms with Crippen molar-refractivity contribution in [3.63, 3.8) is 0 Å². The summed E-state index contributed by atoms with van der Waals surface area (Å²) in [5.74, 6) is -1.33. The zero-order valence-corrected chi connectivity index (χ0v) is 32.6. The van der Waals surface area contributed by atoms with Gasteiger partial charge in [0.1, 0.15) is 24.9 Å². The molecule has 14 nitrogen and oxygen atoms in total. The van der Waals surface area contributed by atoms with Crippen LogP contribution in [0, 0.1) is 11.7 Å². The number of aromatic nitrogens is 2. The molecular formula is C41H44FN7O7S. The molecule has 5 amide bonds. The van der Waals surface area contributed by atoms with Crippen LogP contribution in [-0.4, -0.2) is 77.7 Å². The first kappa shape index (κ1) is 40.5. The Balaban J connectivity index is 1.07. The van der Waals surface area contributed by atoms with Crippen LogP contribution in [0.5, 0.6) is 11.5 Å². The number of hydrogen-bond acceptors (Lipinski definition) is 10. The van der Waals surface area contributed by atoms with Crippen molar-refractivity contribution in [1.29, 1.82) is 0 Å². The number of methoxy groups -OCH3 is 1. The Labute approximate surface area is 333 Å². The smallest absolute Gasteiger partial charge is 0.407 e. The van der Waals surface area contributed by atoms with Crippen LogP contribution in [0.4, 0.5) is 19.7 Å². The summed E-state index contributed by atoms with van der Waals surface area (Å²) >= 11 is 1.39. The van der Waals surface area contributed by atoms with Crippen molar-refractivity contribution in [3.05, 3.63) is 102 Å². The van der Waals surface area contributed by atoms with Gasteiger partial charge in [-0.3, -0.25) is 19.6 Å². The molecule has 3 heterocycles. The van der Waals surface area contributed by atoms with Crippen LogP contribution in [0.1, 0.15) is 37.8 Å². The second-order valence-corrected chi connectivity index (χ2v) is 14.8. The van der Waals surface area contributed by atoms with Crippen LogP contribution < -0.4 is 26.0 Å². The number of anilines is 1. The highest BCUT2D eigenvalue weighted by molar-refractivity contribution is 7.22. The van der Waals surface area contributed by atoms with Crippen LogP contribution in [0.3, 0.4) is 0 Å². The third-order valence-corrected chi connectivity index (χ3v) is 10.0. The summed E-state index contributed by atoms with van der Waals surface area (Å²) in [6.07, 6.45) is 4.40. The number of hydrogen-bond donors (Lipinski definition) is 4. The molecule has 57 heavy (non-hydrogen) atoms. The standard InChI is InChI=1S/C41H44FN7O7S/c1-25(2)37(48-36(50)22-45-41(53)55-24-26-7-5-4-6-8-26)39(51)49(17-18-54-3)23-27-9-13-31(44-21-27)35-20-32-38(57-35)34(15-16-43-32)56-33-14-12-29(19-30(33)42)47-40(52)46-28-10-11-28/h4-9,12-16,19-21,25,28,37H,10-11,17-18,22-24H2,1-3H3,(H,45,53)(H,48,50)(H2,46,47,52)/t37-/m0/s1. The molecule has 0 aliphatic heterocycles. The predicted octanol–water partition coefficient (Wildman–Crippen LogP) is 6.62. The highest BCUT2D eigenvalue weighted by atomic mass is 32.1. The Morgan fingerprint density at radius 2 is 1.77 bits per heavy atom. The monoisotopic (exact) mass is 797 g/mol. The molecule has 0 bridgehead atoms. The molecule has 1 atom stereocenters. The molecule has 16 heteroatoms. The van der Waals surface area contributed by atoms with Gasteiger partial charge in [0.05, 0.1) is 27.4 Å². The summed E-state index contributed by atoms with van der Waals surface area (Å²) in [7, 11) is 1.54. The number of benzene rings is 2. The molecule has 5 aromatic rings. The van der Waals surface area contributed by atoms with Gasteiger partial charge in [-0.25, -0.2) is 14.0 Å². The van der Waals surface area contributed by atoms with Gasteiger partial charge >= 0.3 is 12.1 Å². The quantitative estimate of drug-likeness (QED) is 0.0807. The second-order valence-electron chi connectivity index (χ2n) is 13.8. The number of halogens is 1. The number of pyridine rings is 2. The van der Waals surface area contributed by atoms with E-state index in [9.17, 15) is 19.2 Å². The number of ether oxygens (including phenoxy) is 3. The van der Waals surface area contributed by atoms with E-state index in [0.717, 1.165) is 28.8 Å². The minimum absolute atomic E-state index is 0.00387. The molecular weight excluding hydrogens is 754 g/mol. The van der Waals surface area contributed by atoms with E-state index in [1.807, 2.05) is 62.4 Å². The van der Waals surface area contributed by atoms with Gasteiger partial charge in [0, 0.05) is 56.5 Å². The number of thiophene rings is 1. The minimum atomic E-state index is -0.868. The van der Waals surface area contributed by atoms with Gasteiger partial charge in [-0.2, -0.15) is 0 Å². The Morgan fingerprint density at radius 3 is 2.47 bits per heavy atom. The molecule has 0 radical (unpaired) electrons. The highest BCUT2D eigenvalue weighted by Gasteiger charge is 2.29. The summed E-state index contributed by atoms with van der Waals surface area (Å²) in [6, 6.07) is 19.6. The number of nitrogens with zero attached hydrogens (tertiary/aromatic N) is 3. The van der Waals surface area contributed by atoms with Crippen molar-refractivity contribution in [2.24, 2.45) is 5.92 Å². The van der Waals surface area contributed by atoms with Gasteiger partial charge in [0.15, 0.2) is 11.6 Å². The summed E-state index contributed by atoms with van der Waals surface area (Å²) < 4.78 is 32.2. The lowest BCUT2D eigenvalue weighted by molar-refractivity contribution is -0.138. The number of carbonyl (C=O) groups is 4. The first-order valence-corrected chi connectivity index (χ1v) is 19.3. The number of alkyl carbamates (subject to hydrolysis) is 1.